The van der Waals surface area contributed by atoms with Gasteiger partial charge in [0, 0.05) is 17.2 Å². The molecule has 152 valence electrons. The molecule has 1 rings (SSSR count). The SMILES string of the molecule is C=C(C)C(=O)Oc1cc(COC(=O)NSC(F)(F)F)cc(OC(=O)C(=C)C)c1. The monoisotopic (exact) mass is 419 g/mol. The fourth-order valence-corrected chi connectivity index (χ4v) is 1.76. The van der Waals surface area contributed by atoms with Gasteiger partial charge in [0.15, 0.2) is 0 Å². The molecule has 1 aromatic carbocycles. The van der Waals surface area contributed by atoms with Crippen LogP contribution in [0.15, 0.2) is 42.5 Å². The molecule has 7 nitrogen and oxygen atoms in total. The van der Waals surface area contributed by atoms with Crippen molar-refractivity contribution in [1.29, 1.82) is 0 Å². The molecule has 0 heterocycles. The lowest BCUT2D eigenvalue weighted by molar-refractivity contribution is -0.130. The van der Waals surface area contributed by atoms with Crippen LogP contribution in [0.25, 0.3) is 0 Å². The summed E-state index contributed by atoms with van der Waals surface area (Å²) in [4.78, 5) is 34.6. The van der Waals surface area contributed by atoms with Crippen LogP contribution in [0.3, 0.4) is 0 Å². The smallest absolute Gasteiger partial charge is 0.444 e. The quantitative estimate of drug-likeness (QED) is 0.309. The fraction of sp³-hybridized carbons (Fsp3) is 0.235. The number of esters is 2. The van der Waals surface area contributed by atoms with Crippen LogP contribution in [0.5, 0.6) is 11.5 Å². The maximum atomic E-state index is 12.0. The number of hydrogen-bond donors (Lipinski definition) is 1. The molecule has 0 fully saturated rings. The third kappa shape index (κ3) is 8.62. The Hall–Kier alpha value is -2.95. The van der Waals surface area contributed by atoms with Crippen LogP contribution in [0.4, 0.5) is 18.0 Å². The van der Waals surface area contributed by atoms with E-state index in [1.807, 2.05) is 0 Å². The van der Waals surface area contributed by atoms with Gasteiger partial charge in [0.1, 0.15) is 18.1 Å². The van der Waals surface area contributed by atoms with Gasteiger partial charge in [-0.15, -0.1) is 0 Å². The lowest BCUT2D eigenvalue weighted by Crippen LogP contribution is -2.21. The van der Waals surface area contributed by atoms with Gasteiger partial charge in [0.05, 0.1) is 11.9 Å². The zero-order valence-electron chi connectivity index (χ0n) is 14.8. The maximum absolute atomic E-state index is 12.0. The zero-order chi connectivity index (χ0) is 21.5. The van der Waals surface area contributed by atoms with Crippen molar-refractivity contribution in [2.75, 3.05) is 0 Å². The van der Waals surface area contributed by atoms with Crippen LogP contribution in [0.1, 0.15) is 19.4 Å². The first kappa shape index (κ1) is 23.1. The van der Waals surface area contributed by atoms with E-state index in [1.54, 1.807) is 0 Å². The molecule has 0 saturated heterocycles. The van der Waals surface area contributed by atoms with E-state index in [0.29, 0.717) is 0 Å². The van der Waals surface area contributed by atoms with Gasteiger partial charge in [-0.1, -0.05) is 13.2 Å². The molecule has 0 spiro atoms. The first-order valence-electron chi connectivity index (χ1n) is 7.44. The van der Waals surface area contributed by atoms with Gasteiger partial charge in [-0.2, -0.15) is 13.2 Å². The van der Waals surface area contributed by atoms with E-state index in [1.165, 1.54) is 36.8 Å². The molecule has 0 aliphatic heterocycles. The number of halogens is 3. The molecular formula is C17H16F3NO6S. The average molecular weight is 419 g/mol. The summed E-state index contributed by atoms with van der Waals surface area (Å²) in [6.07, 6.45) is -1.34. The predicted octanol–water partition coefficient (Wildman–Crippen LogP) is 4.04. The Kier molecular flexibility index (Phi) is 8.11. The molecule has 1 amide bonds. The summed E-state index contributed by atoms with van der Waals surface area (Å²) in [6.45, 7) is 9.20. The molecule has 0 aromatic heterocycles. The second-order valence-electron chi connectivity index (χ2n) is 5.38. The number of benzene rings is 1. The van der Waals surface area contributed by atoms with Crippen molar-refractivity contribution in [2.24, 2.45) is 0 Å². The van der Waals surface area contributed by atoms with Gasteiger partial charge in [-0.05, 0) is 31.5 Å². The van der Waals surface area contributed by atoms with E-state index in [4.69, 9.17) is 9.47 Å². The molecule has 0 aliphatic rings. The van der Waals surface area contributed by atoms with Crippen LogP contribution < -0.4 is 14.2 Å². The second kappa shape index (κ2) is 9.83. The predicted molar refractivity (Wildman–Crippen MR) is 94.3 cm³/mol. The third-order valence-electron chi connectivity index (χ3n) is 2.68. The topological polar surface area (TPSA) is 90.9 Å². The largest absolute Gasteiger partial charge is 0.461 e. The van der Waals surface area contributed by atoms with Crippen molar-refractivity contribution in [2.45, 2.75) is 26.0 Å². The number of amides is 1. The first-order valence-corrected chi connectivity index (χ1v) is 8.26. The number of hydrogen-bond acceptors (Lipinski definition) is 7. The van der Waals surface area contributed by atoms with Crippen molar-refractivity contribution in [1.82, 2.24) is 4.72 Å². The third-order valence-corrected chi connectivity index (χ3v) is 3.18. The van der Waals surface area contributed by atoms with Crippen LogP contribution >= 0.6 is 11.9 Å². The van der Waals surface area contributed by atoms with E-state index >= 15 is 0 Å². The number of carbonyl (C=O) groups is 3. The lowest BCUT2D eigenvalue weighted by atomic mass is 10.2. The summed E-state index contributed by atoms with van der Waals surface area (Å²) in [7, 11) is 0. The highest BCUT2D eigenvalue weighted by molar-refractivity contribution is 7.98. The summed E-state index contributed by atoms with van der Waals surface area (Å²) in [5, 5.41) is 0. The summed E-state index contributed by atoms with van der Waals surface area (Å²) < 4.78 is 52.3. The van der Waals surface area contributed by atoms with Gasteiger partial charge >= 0.3 is 23.5 Å². The Balaban J connectivity index is 2.94. The van der Waals surface area contributed by atoms with Crippen molar-refractivity contribution in [3.05, 3.63) is 48.1 Å². The van der Waals surface area contributed by atoms with E-state index in [9.17, 15) is 27.6 Å². The first-order chi connectivity index (χ1) is 12.9. The van der Waals surface area contributed by atoms with Crippen molar-refractivity contribution < 1.29 is 41.8 Å². The van der Waals surface area contributed by atoms with E-state index in [-0.39, 0.29) is 28.2 Å². The minimum Gasteiger partial charge on any atom is -0.444 e. The van der Waals surface area contributed by atoms with Gasteiger partial charge in [0.2, 0.25) is 0 Å². The van der Waals surface area contributed by atoms with E-state index in [2.05, 4.69) is 17.9 Å². The highest BCUT2D eigenvalue weighted by atomic mass is 32.2. The highest BCUT2D eigenvalue weighted by Gasteiger charge is 2.30. The zero-order valence-corrected chi connectivity index (χ0v) is 15.7. The molecule has 1 N–H and O–H groups in total. The number of nitrogens with one attached hydrogen (secondary N) is 1. The summed E-state index contributed by atoms with van der Waals surface area (Å²) in [5.74, 6) is -1.61. The fourth-order valence-electron chi connectivity index (χ4n) is 1.50. The molecule has 0 aliphatic carbocycles. The molecule has 0 radical (unpaired) electrons. The van der Waals surface area contributed by atoms with Crippen LogP contribution in [0.2, 0.25) is 0 Å². The molecule has 0 bridgehead atoms. The summed E-state index contributed by atoms with van der Waals surface area (Å²) >= 11 is -0.776. The minimum absolute atomic E-state index is 0.0521. The number of rotatable bonds is 7. The molecule has 0 saturated carbocycles. The Morgan fingerprint density at radius 3 is 1.86 bits per heavy atom. The molecule has 28 heavy (non-hydrogen) atoms. The van der Waals surface area contributed by atoms with E-state index < -0.39 is 42.1 Å². The van der Waals surface area contributed by atoms with Gasteiger partial charge < -0.3 is 14.2 Å². The molecule has 0 atom stereocenters. The van der Waals surface area contributed by atoms with Crippen molar-refractivity contribution in [3.8, 4) is 11.5 Å². The molecule has 11 heteroatoms. The van der Waals surface area contributed by atoms with Crippen LogP contribution in [0, 0.1) is 0 Å². The normalized spacial score (nSPS) is 10.6. The Bertz CT molecular complexity index is 760. The van der Waals surface area contributed by atoms with Gasteiger partial charge in [-0.3, -0.25) is 4.72 Å². The van der Waals surface area contributed by atoms with Crippen LogP contribution in [-0.4, -0.2) is 23.5 Å². The Morgan fingerprint density at radius 1 is 1.00 bits per heavy atom. The number of ether oxygens (including phenoxy) is 3. The highest BCUT2D eigenvalue weighted by Crippen LogP contribution is 2.28. The second-order valence-corrected chi connectivity index (χ2v) is 6.25. The molecule has 1 aromatic rings. The van der Waals surface area contributed by atoms with Crippen molar-refractivity contribution in [3.63, 3.8) is 0 Å². The van der Waals surface area contributed by atoms with Crippen LogP contribution in [-0.2, 0) is 20.9 Å². The number of alkyl halides is 3. The lowest BCUT2D eigenvalue weighted by Gasteiger charge is -2.12. The maximum Gasteiger partial charge on any atom is 0.461 e. The van der Waals surface area contributed by atoms with E-state index in [0.717, 1.165) is 0 Å². The standard InChI is InChI=1S/C17H16F3NO6S/c1-9(2)14(22)26-12-5-11(6-13(7-12)27-15(23)10(3)4)8-25-16(24)21-28-17(18,19)20/h5-7H,1,3,8H2,2,4H3,(H,21,24). The van der Waals surface area contributed by atoms with Gasteiger partial charge in [-0.25, -0.2) is 14.4 Å². The molecular weight excluding hydrogens is 403 g/mol. The van der Waals surface area contributed by atoms with Crippen molar-refractivity contribution >= 4 is 30.0 Å². The summed E-state index contributed by atoms with van der Waals surface area (Å²) in [6, 6.07) is 3.79. The minimum atomic E-state index is -4.67. The van der Waals surface area contributed by atoms with Gasteiger partial charge in [0.25, 0.3) is 0 Å². The Labute approximate surface area is 162 Å². The molecule has 0 unspecified atom stereocenters. The number of carbonyl (C=O) groups excluding carboxylic acids is 3. The summed E-state index contributed by atoms with van der Waals surface area (Å²) in [5.41, 5.74) is -4.28. The Morgan fingerprint density at radius 2 is 1.46 bits per heavy atom. The average Bonchev–Trinajstić information content (AvgIpc) is 2.57.